The predicted molar refractivity (Wildman–Crippen MR) is 154 cm³/mol. The van der Waals surface area contributed by atoms with Crippen molar-refractivity contribution >= 4 is 34.6 Å². The average Bonchev–Trinajstić information content (AvgIpc) is 3.59. The van der Waals surface area contributed by atoms with E-state index in [9.17, 15) is 22.8 Å². The van der Waals surface area contributed by atoms with Gasteiger partial charge in [-0.05, 0) is 53.4 Å². The van der Waals surface area contributed by atoms with Crippen LogP contribution in [0, 0.1) is 0 Å². The zero-order chi connectivity index (χ0) is 29.9. The van der Waals surface area contributed by atoms with Crippen LogP contribution in [0.5, 0.6) is 5.75 Å². The molecule has 13 heteroatoms. The molecule has 0 aliphatic carbocycles. The maximum Gasteiger partial charge on any atom is 0.573 e. The summed E-state index contributed by atoms with van der Waals surface area (Å²) in [5, 5.41) is 7.51. The molecule has 1 aliphatic heterocycles. The number of hydrogen-bond acceptors (Lipinski definition) is 6. The first kappa shape index (κ1) is 28.9. The van der Waals surface area contributed by atoms with Crippen LogP contribution in [-0.4, -0.2) is 44.0 Å². The molecule has 1 fully saturated rings. The molecule has 5 rings (SSSR count). The number of benzene rings is 3. The molecular weight excluding hydrogens is 569 g/mol. The molecule has 0 atom stereocenters. The number of amides is 3. The fourth-order valence-corrected chi connectivity index (χ4v) is 5.16. The number of carbonyl (C=O) groups is 2. The third kappa shape index (κ3) is 6.79. The number of amidine groups is 1. The number of rotatable bonds is 7. The molecule has 216 valence electrons. The van der Waals surface area contributed by atoms with Crippen LogP contribution in [-0.2, 0) is 11.3 Å². The topological polar surface area (TPSA) is 102 Å². The highest BCUT2D eigenvalue weighted by atomic mass is 32.2. The maximum atomic E-state index is 12.7. The number of carbonyl (C=O) groups excluding carboxylic acids is 2. The number of anilines is 1. The summed E-state index contributed by atoms with van der Waals surface area (Å²) in [5.41, 5.74) is 3.65. The smallest absolute Gasteiger partial charge is 0.406 e. The van der Waals surface area contributed by atoms with E-state index in [2.05, 4.69) is 25.1 Å². The van der Waals surface area contributed by atoms with Gasteiger partial charge in [0.15, 0.2) is 11.0 Å². The van der Waals surface area contributed by atoms with Crippen LogP contribution in [0.1, 0.15) is 30.9 Å². The Labute approximate surface area is 243 Å². The summed E-state index contributed by atoms with van der Waals surface area (Å²) in [4.78, 5) is 35.4. The van der Waals surface area contributed by atoms with Gasteiger partial charge in [0.1, 0.15) is 12.1 Å². The third-order valence-electron chi connectivity index (χ3n) is 6.22. The van der Waals surface area contributed by atoms with E-state index in [1.165, 1.54) is 51.9 Å². The van der Waals surface area contributed by atoms with Crippen molar-refractivity contribution in [3.63, 3.8) is 0 Å². The van der Waals surface area contributed by atoms with Crippen LogP contribution in [0.2, 0.25) is 0 Å². The van der Waals surface area contributed by atoms with Crippen molar-refractivity contribution in [2.24, 2.45) is 4.99 Å². The summed E-state index contributed by atoms with van der Waals surface area (Å²) in [7, 11) is 0. The number of nitrogens with zero attached hydrogens (tertiary/aromatic N) is 5. The van der Waals surface area contributed by atoms with Gasteiger partial charge in [-0.15, -0.1) is 18.3 Å². The standard InChI is InChI=1S/C29H25F3N6O3S/c1-18(2)23-8-3-4-9-24(23)38-25(39)16-42-28(38)35-27(40)33-15-19-6-5-7-20(14-19)26-34-17-37(36-26)21-10-12-22(13-11-21)41-29(30,31)32/h3-14,17-18H,15-16H2,1-2H3,(H,33,40)/b35-28-. The van der Waals surface area contributed by atoms with Gasteiger partial charge in [0.05, 0.1) is 17.1 Å². The first-order chi connectivity index (χ1) is 20.1. The number of halogens is 3. The number of alkyl halides is 3. The first-order valence-corrected chi connectivity index (χ1v) is 13.8. The number of nitrogens with one attached hydrogen (secondary N) is 1. The number of aromatic nitrogens is 3. The second-order valence-electron chi connectivity index (χ2n) is 9.54. The van der Waals surface area contributed by atoms with Crippen molar-refractivity contribution in [2.75, 3.05) is 10.7 Å². The predicted octanol–water partition coefficient (Wildman–Crippen LogP) is 6.30. The normalized spacial score (nSPS) is 14.6. The van der Waals surface area contributed by atoms with Gasteiger partial charge in [-0.25, -0.2) is 14.5 Å². The average molecular weight is 595 g/mol. The van der Waals surface area contributed by atoms with Gasteiger partial charge in [-0.2, -0.15) is 4.99 Å². The highest BCUT2D eigenvalue weighted by Gasteiger charge is 2.32. The van der Waals surface area contributed by atoms with Crippen LogP contribution >= 0.6 is 11.8 Å². The lowest BCUT2D eigenvalue weighted by Crippen LogP contribution is -2.32. The van der Waals surface area contributed by atoms with Crippen LogP contribution in [0.15, 0.2) is 84.1 Å². The minimum atomic E-state index is -4.77. The monoisotopic (exact) mass is 594 g/mol. The summed E-state index contributed by atoms with van der Waals surface area (Å²) < 4.78 is 42.6. The van der Waals surface area contributed by atoms with E-state index in [0.717, 1.165) is 16.8 Å². The lowest BCUT2D eigenvalue weighted by molar-refractivity contribution is -0.274. The van der Waals surface area contributed by atoms with E-state index in [0.29, 0.717) is 22.2 Å². The van der Waals surface area contributed by atoms with Crippen molar-refractivity contribution in [3.05, 3.63) is 90.3 Å². The van der Waals surface area contributed by atoms with Crippen molar-refractivity contribution in [3.8, 4) is 22.8 Å². The lowest BCUT2D eigenvalue weighted by atomic mass is 10.0. The Balaban J connectivity index is 1.25. The number of ether oxygens (including phenoxy) is 1. The fourth-order valence-electron chi connectivity index (χ4n) is 4.31. The Morgan fingerprint density at radius 3 is 2.60 bits per heavy atom. The Kier molecular flexibility index (Phi) is 8.29. The van der Waals surface area contributed by atoms with E-state index >= 15 is 0 Å². The van der Waals surface area contributed by atoms with E-state index in [1.54, 1.807) is 12.1 Å². The summed E-state index contributed by atoms with van der Waals surface area (Å²) >= 11 is 1.22. The largest absolute Gasteiger partial charge is 0.573 e. The van der Waals surface area contributed by atoms with Gasteiger partial charge >= 0.3 is 12.4 Å². The molecule has 3 amide bonds. The van der Waals surface area contributed by atoms with E-state index in [-0.39, 0.29) is 29.9 Å². The molecule has 4 aromatic rings. The molecule has 1 aromatic heterocycles. The molecule has 2 heterocycles. The number of thioether (sulfide) groups is 1. The molecule has 9 nitrogen and oxygen atoms in total. The lowest BCUT2D eigenvalue weighted by Gasteiger charge is -2.21. The molecular formula is C29H25F3N6O3S. The molecule has 0 spiro atoms. The minimum absolute atomic E-state index is 0.134. The molecule has 3 aromatic carbocycles. The summed E-state index contributed by atoms with van der Waals surface area (Å²) in [6.07, 6.45) is -3.32. The van der Waals surface area contributed by atoms with Crippen LogP contribution in [0.25, 0.3) is 17.1 Å². The minimum Gasteiger partial charge on any atom is -0.406 e. The number of hydrogen-bond donors (Lipinski definition) is 1. The summed E-state index contributed by atoms with van der Waals surface area (Å²) in [5.74, 6) is 0.300. The second-order valence-corrected chi connectivity index (χ2v) is 10.5. The molecule has 0 unspecified atom stereocenters. The zero-order valence-corrected chi connectivity index (χ0v) is 23.3. The van der Waals surface area contributed by atoms with Crippen LogP contribution in [0.4, 0.5) is 23.7 Å². The quantitative estimate of drug-likeness (QED) is 0.269. The molecule has 42 heavy (non-hydrogen) atoms. The highest BCUT2D eigenvalue weighted by Crippen LogP contribution is 2.33. The highest BCUT2D eigenvalue weighted by molar-refractivity contribution is 8.15. The van der Waals surface area contributed by atoms with Crippen LogP contribution < -0.4 is 15.0 Å². The SMILES string of the molecule is CC(C)c1ccccc1N1C(=O)CS/C1=N\C(=O)NCc1cccc(-c2ncn(-c3ccc(OC(F)(F)F)cc3)n2)c1. The van der Waals surface area contributed by atoms with Crippen molar-refractivity contribution in [1.82, 2.24) is 20.1 Å². The molecule has 1 saturated heterocycles. The van der Waals surface area contributed by atoms with Gasteiger partial charge in [-0.1, -0.05) is 62.0 Å². The van der Waals surface area contributed by atoms with Gasteiger partial charge in [0.25, 0.3) is 0 Å². The van der Waals surface area contributed by atoms with Gasteiger partial charge in [-0.3, -0.25) is 9.69 Å². The van der Waals surface area contributed by atoms with E-state index in [4.69, 9.17) is 0 Å². The number of para-hydroxylation sites is 1. The molecule has 0 bridgehead atoms. The Hall–Kier alpha value is -4.65. The van der Waals surface area contributed by atoms with Crippen molar-refractivity contribution < 1.29 is 27.5 Å². The second kappa shape index (κ2) is 12.1. The number of aliphatic imine (C=N–C) groups is 1. The van der Waals surface area contributed by atoms with Crippen molar-refractivity contribution in [2.45, 2.75) is 32.7 Å². The first-order valence-electron chi connectivity index (χ1n) is 12.9. The molecule has 1 N–H and O–H groups in total. The van der Waals surface area contributed by atoms with Crippen molar-refractivity contribution in [1.29, 1.82) is 0 Å². The fraction of sp³-hybridized carbons (Fsp3) is 0.207. The Bertz CT molecular complexity index is 1640. The molecule has 0 radical (unpaired) electrons. The maximum absolute atomic E-state index is 12.7. The van der Waals surface area contributed by atoms with E-state index < -0.39 is 12.4 Å². The molecule has 1 aliphatic rings. The molecule has 0 saturated carbocycles. The third-order valence-corrected chi connectivity index (χ3v) is 7.14. The van der Waals surface area contributed by atoms with Crippen LogP contribution in [0.3, 0.4) is 0 Å². The Morgan fingerprint density at radius 2 is 1.86 bits per heavy atom. The van der Waals surface area contributed by atoms with Gasteiger partial charge < -0.3 is 10.1 Å². The van der Waals surface area contributed by atoms with Gasteiger partial charge in [0.2, 0.25) is 5.91 Å². The Morgan fingerprint density at radius 1 is 1.10 bits per heavy atom. The van der Waals surface area contributed by atoms with Gasteiger partial charge in [0, 0.05) is 12.1 Å². The zero-order valence-electron chi connectivity index (χ0n) is 22.5. The summed E-state index contributed by atoms with van der Waals surface area (Å²) in [6.45, 7) is 4.25. The van der Waals surface area contributed by atoms with E-state index in [1.807, 2.05) is 50.2 Å². The number of urea groups is 1. The summed E-state index contributed by atoms with van der Waals surface area (Å²) in [6, 6.07) is 19.5.